The number of furan rings is 1. The Balaban J connectivity index is 1.80. The highest BCUT2D eigenvalue weighted by atomic mass is 16.3. The zero-order valence-corrected chi connectivity index (χ0v) is 15.9. The highest BCUT2D eigenvalue weighted by Gasteiger charge is 2.18. The maximum atomic E-state index is 12.8. The van der Waals surface area contributed by atoms with Crippen LogP contribution in [0.4, 0.5) is 0 Å². The molecule has 0 atom stereocenters. The van der Waals surface area contributed by atoms with Gasteiger partial charge in [-0.2, -0.15) is 5.10 Å². The third kappa shape index (κ3) is 3.08. The molecule has 0 radical (unpaired) electrons. The summed E-state index contributed by atoms with van der Waals surface area (Å²) >= 11 is 0. The first-order valence-electron chi connectivity index (χ1n) is 9.41. The Labute approximate surface area is 160 Å². The van der Waals surface area contributed by atoms with Gasteiger partial charge in [0, 0.05) is 19.3 Å². The summed E-state index contributed by atoms with van der Waals surface area (Å²) in [6.07, 6.45) is 6.59. The SMILES string of the molecule is CCCn1c(=O)c2[nH]c(-c3cnn(Cc4ccco4)c3)nc2n(CCC)c1=O. The van der Waals surface area contributed by atoms with Gasteiger partial charge in [0.25, 0.3) is 5.56 Å². The molecule has 0 aromatic carbocycles. The zero-order valence-electron chi connectivity index (χ0n) is 15.9. The average Bonchev–Trinajstić information content (AvgIpc) is 3.43. The van der Waals surface area contributed by atoms with Gasteiger partial charge < -0.3 is 9.40 Å². The number of aromatic amines is 1. The van der Waals surface area contributed by atoms with Crippen LogP contribution in [0.15, 0.2) is 44.8 Å². The van der Waals surface area contributed by atoms with Crippen molar-refractivity contribution < 1.29 is 4.42 Å². The molecule has 4 aromatic rings. The molecular weight excluding hydrogens is 360 g/mol. The van der Waals surface area contributed by atoms with Crippen molar-refractivity contribution in [3.8, 4) is 11.4 Å². The van der Waals surface area contributed by atoms with Crippen molar-refractivity contribution in [1.29, 1.82) is 0 Å². The lowest BCUT2D eigenvalue weighted by molar-refractivity contribution is 0.480. The molecule has 1 N–H and O–H groups in total. The van der Waals surface area contributed by atoms with Crippen LogP contribution in [0.1, 0.15) is 32.4 Å². The second-order valence-corrected chi connectivity index (χ2v) is 6.68. The lowest BCUT2D eigenvalue weighted by Gasteiger charge is -2.09. The second kappa shape index (κ2) is 7.34. The third-order valence-corrected chi connectivity index (χ3v) is 4.56. The summed E-state index contributed by atoms with van der Waals surface area (Å²) in [5.74, 6) is 1.30. The Hall–Kier alpha value is -3.36. The summed E-state index contributed by atoms with van der Waals surface area (Å²) < 4.78 is 9.92. The fourth-order valence-corrected chi connectivity index (χ4v) is 3.28. The number of hydrogen-bond donors (Lipinski definition) is 1. The topological polar surface area (TPSA) is 104 Å². The summed E-state index contributed by atoms with van der Waals surface area (Å²) in [6, 6.07) is 3.70. The largest absolute Gasteiger partial charge is 0.467 e. The summed E-state index contributed by atoms with van der Waals surface area (Å²) in [5, 5.41) is 4.33. The Morgan fingerprint density at radius 2 is 1.93 bits per heavy atom. The minimum atomic E-state index is -0.337. The van der Waals surface area contributed by atoms with E-state index in [0.29, 0.717) is 43.0 Å². The van der Waals surface area contributed by atoms with Gasteiger partial charge >= 0.3 is 5.69 Å². The number of rotatable bonds is 7. The zero-order chi connectivity index (χ0) is 19.7. The molecule has 0 aliphatic rings. The summed E-state index contributed by atoms with van der Waals surface area (Å²) in [4.78, 5) is 33.2. The van der Waals surface area contributed by atoms with Crippen molar-refractivity contribution in [1.82, 2.24) is 28.9 Å². The van der Waals surface area contributed by atoms with Crippen LogP contribution in [0.5, 0.6) is 0 Å². The molecule has 4 rings (SSSR count). The van der Waals surface area contributed by atoms with Gasteiger partial charge in [-0.3, -0.25) is 18.6 Å². The maximum Gasteiger partial charge on any atom is 0.332 e. The predicted octanol–water partition coefficient (Wildman–Crippen LogP) is 2.21. The molecule has 4 aromatic heterocycles. The van der Waals surface area contributed by atoms with Crippen molar-refractivity contribution in [3.63, 3.8) is 0 Å². The first-order valence-corrected chi connectivity index (χ1v) is 9.41. The van der Waals surface area contributed by atoms with Crippen LogP contribution < -0.4 is 11.2 Å². The van der Waals surface area contributed by atoms with Crippen LogP contribution in [0, 0.1) is 0 Å². The maximum absolute atomic E-state index is 12.8. The second-order valence-electron chi connectivity index (χ2n) is 6.68. The van der Waals surface area contributed by atoms with Gasteiger partial charge in [0.15, 0.2) is 5.65 Å². The van der Waals surface area contributed by atoms with Crippen LogP contribution >= 0.6 is 0 Å². The van der Waals surface area contributed by atoms with Crippen molar-refractivity contribution >= 4 is 11.2 Å². The summed E-state index contributed by atoms with van der Waals surface area (Å²) in [7, 11) is 0. The molecule has 9 heteroatoms. The van der Waals surface area contributed by atoms with Crippen molar-refractivity contribution in [2.24, 2.45) is 0 Å². The number of H-pyrrole nitrogens is 1. The molecule has 0 saturated heterocycles. The molecule has 0 aliphatic heterocycles. The van der Waals surface area contributed by atoms with E-state index < -0.39 is 0 Å². The van der Waals surface area contributed by atoms with E-state index in [1.54, 1.807) is 21.7 Å². The van der Waals surface area contributed by atoms with Crippen molar-refractivity contribution in [3.05, 3.63) is 57.4 Å². The monoisotopic (exact) mass is 382 g/mol. The Morgan fingerprint density at radius 1 is 1.14 bits per heavy atom. The molecule has 28 heavy (non-hydrogen) atoms. The predicted molar refractivity (Wildman–Crippen MR) is 104 cm³/mol. The number of nitrogens with zero attached hydrogens (tertiary/aromatic N) is 5. The van der Waals surface area contributed by atoms with Gasteiger partial charge in [0.2, 0.25) is 0 Å². The normalized spacial score (nSPS) is 11.5. The van der Waals surface area contributed by atoms with Gasteiger partial charge in [0.05, 0.1) is 24.6 Å². The molecule has 0 spiro atoms. The lowest BCUT2D eigenvalue weighted by atomic mass is 10.3. The Kier molecular flexibility index (Phi) is 4.72. The average molecular weight is 382 g/mol. The van der Waals surface area contributed by atoms with Gasteiger partial charge in [-0.25, -0.2) is 9.78 Å². The fourth-order valence-electron chi connectivity index (χ4n) is 3.28. The molecule has 4 heterocycles. The van der Waals surface area contributed by atoms with Gasteiger partial charge in [0.1, 0.15) is 17.1 Å². The molecule has 0 fully saturated rings. The van der Waals surface area contributed by atoms with E-state index in [9.17, 15) is 9.59 Å². The molecule has 146 valence electrons. The van der Waals surface area contributed by atoms with Gasteiger partial charge in [-0.15, -0.1) is 0 Å². The van der Waals surface area contributed by atoms with E-state index in [1.165, 1.54) is 4.57 Å². The summed E-state index contributed by atoms with van der Waals surface area (Å²) in [6.45, 7) is 5.30. The van der Waals surface area contributed by atoms with E-state index >= 15 is 0 Å². The molecule has 0 amide bonds. The first kappa shape index (κ1) is 18.0. The molecule has 0 unspecified atom stereocenters. The van der Waals surface area contributed by atoms with E-state index in [-0.39, 0.29) is 11.2 Å². The van der Waals surface area contributed by atoms with E-state index in [1.807, 2.05) is 32.2 Å². The smallest absolute Gasteiger partial charge is 0.332 e. The number of nitrogens with one attached hydrogen (secondary N) is 1. The quantitative estimate of drug-likeness (QED) is 0.528. The van der Waals surface area contributed by atoms with Crippen LogP contribution in [-0.4, -0.2) is 28.9 Å². The van der Waals surface area contributed by atoms with Crippen LogP contribution in [0.2, 0.25) is 0 Å². The minimum absolute atomic E-state index is 0.312. The molecule has 9 nitrogen and oxygen atoms in total. The first-order chi connectivity index (χ1) is 13.6. The van der Waals surface area contributed by atoms with E-state index in [4.69, 9.17) is 4.42 Å². The third-order valence-electron chi connectivity index (χ3n) is 4.56. The number of hydrogen-bond acceptors (Lipinski definition) is 5. The highest BCUT2D eigenvalue weighted by molar-refractivity contribution is 5.75. The number of aryl methyl sites for hydroxylation is 1. The van der Waals surface area contributed by atoms with Crippen molar-refractivity contribution in [2.45, 2.75) is 46.3 Å². The molecule has 0 saturated carbocycles. The minimum Gasteiger partial charge on any atom is -0.467 e. The molecule has 0 bridgehead atoms. The van der Waals surface area contributed by atoms with E-state index in [0.717, 1.165) is 17.7 Å². The van der Waals surface area contributed by atoms with Crippen LogP contribution in [-0.2, 0) is 19.6 Å². The lowest BCUT2D eigenvalue weighted by Crippen LogP contribution is -2.40. The highest BCUT2D eigenvalue weighted by Crippen LogP contribution is 2.18. The van der Waals surface area contributed by atoms with E-state index in [2.05, 4.69) is 15.1 Å². The van der Waals surface area contributed by atoms with Gasteiger partial charge in [-0.05, 0) is 25.0 Å². The van der Waals surface area contributed by atoms with Crippen molar-refractivity contribution in [2.75, 3.05) is 0 Å². The number of fused-ring (bicyclic) bond motifs is 1. The standard InChI is InChI=1S/C19H22N6O3/c1-3-7-24-17-15(18(26)25(8-4-2)19(24)27)21-16(22-17)13-10-20-23(11-13)12-14-6-5-9-28-14/h5-6,9-11H,3-4,7-8,12H2,1-2H3,(H,21,22). The molecule has 0 aliphatic carbocycles. The van der Waals surface area contributed by atoms with Gasteiger partial charge in [-0.1, -0.05) is 13.8 Å². The number of aromatic nitrogens is 6. The summed E-state index contributed by atoms with van der Waals surface area (Å²) in [5.41, 5.74) is 0.816. The number of imidazole rings is 1. The van der Waals surface area contributed by atoms with Crippen LogP contribution in [0.3, 0.4) is 0 Å². The fraction of sp³-hybridized carbons (Fsp3) is 0.368. The molecular formula is C19H22N6O3. The van der Waals surface area contributed by atoms with Crippen LogP contribution in [0.25, 0.3) is 22.6 Å². The Morgan fingerprint density at radius 3 is 2.64 bits per heavy atom. The Bertz CT molecular complexity index is 1210.